The van der Waals surface area contributed by atoms with Crippen molar-refractivity contribution in [2.24, 2.45) is 7.05 Å². The molecular weight excluding hydrogens is 326 g/mol. The number of carbonyl (C=O) groups is 2. The maximum Gasteiger partial charge on any atom is 0.254 e. The summed E-state index contributed by atoms with van der Waals surface area (Å²) in [6, 6.07) is 3.68. The Morgan fingerprint density at radius 2 is 2.04 bits per heavy atom. The summed E-state index contributed by atoms with van der Waals surface area (Å²) in [4.78, 5) is 26.8. The smallest absolute Gasteiger partial charge is 0.254 e. The molecular formula is C16H21N5O2S. The van der Waals surface area contributed by atoms with Gasteiger partial charge in [0.15, 0.2) is 0 Å². The van der Waals surface area contributed by atoms with Gasteiger partial charge in [0, 0.05) is 38.6 Å². The van der Waals surface area contributed by atoms with Gasteiger partial charge < -0.3 is 15.5 Å². The lowest BCUT2D eigenvalue weighted by molar-refractivity contribution is -0.126. The largest absolute Gasteiger partial charge is 0.357 e. The second-order valence-corrected chi connectivity index (χ2v) is 6.71. The summed E-state index contributed by atoms with van der Waals surface area (Å²) < 4.78 is 1.70. The summed E-state index contributed by atoms with van der Waals surface area (Å²) in [6.45, 7) is 1.07. The highest BCUT2D eigenvalue weighted by molar-refractivity contribution is 7.08. The van der Waals surface area contributed by atoms with E-state index in [4.69, 9.17) is 0 Å². The highest BCUT2D eigenvalue weighted by atomic mass is 32.1. The van der Waals surface area contributed by atoms with E-state index < -0.39 is 5.54 Å². The van der Waals surface area contributed by atoms with Gasteiger partial charge >= 0.3 is 0 Å². The van der Waals surface area contributed by atoms with Gasteiger partial charge in [-0.15, -0.1) is 0 Å². The van der Waals surface area contributed by atoms with Gasteiger partial charge in [-0.05, 0) is 24.3 Å². The molecule has 0 bridgehead atoms. The van der Waals surface area contributed by atoms with E-state index in [9.17, 15) is 9.59 Å². The fraction of sp³-hybridized carbons (Fsp3) is 0.438. The Morgan fingerprint density at radius 1 is 1.29 bits per heavy atom. The Kier molecular flexibility index (Phi) is 4.57. The molecule has 2 aromatic rings. The van der Waals surface area contributed by atoms with Crippen LogP contribution in [0.1, 0.15) is 23.2 Å². The molecule has 0 unspecified atom stereocenters. The number of aromatic nitrogens is 2. The number of hydrogen-bond acceptors (Lipinski definition) is 5. The molecule has 7 nitrogen and oxygen atoms in total. The summed E-state index contributed by atoms with van der Waals surface area (Å²) in [5.74, 6) is 0.754. The molecule has 2 N–H and O–H groups in total. The third kappa shape index (κ3) is 3.01. The third-order valence-electron chi connectivity index (χ3n) is 4.52. The molecule has 1 fully saturated rings. The van der Waals surface area contributed by atoms with Crippen LogP contribution < -0.4 is 10.6 Å². The van der Waals surface area contributed by atoms with Crippen LogP contribution in [0.4, 0.5) is 5.82 Å². The molecule has 2 amide bonds. The average molecular weight is 347 g/mol. The number of piperidine rings is 1. The molecule has 0 aliphatic carbocycles. The van der Waals surface area contributed by atoms with Crippen LogP contribution in [0.2, 0.25) is 0 Å². The van der Waals surface area contributed by atoms with Gasteiger partial charge in [-0.25, -0.2) is 0 Å². The molecule has 8 heteroatoms. The van der Waals surface area contributed by atoms with Crippen molar-refractivity contribution in [3.8, 4) is 0 Å². The minimum absolute atomic E-state index is 0.0299. The van der Waals surface area contributed by atoms with E-state index in [0.29, 0.717) is 31.5 Å². The number of anilines is 1. The first-order valence-electron chi connectivity index (χ1n) is 7.85. The molecule has 0 atom stereocenters. The third-order valence-corrected chi connectivity index (χ3v) is 5.21. The standard InChI is InChI=1S/C16H21N5O2S/c1-17-15(23)16(19-13-3-7-18-20(13)2)5-8-21(9-6-16)14(22)12-4-10-24-11-12/h3-4,7,10-11,19H,5-6,8-9H2,1-2H3,(H,17,23). The molecule has 1 aliphatic heterocycles. The number of hydrogen-bond donors (Lipinski definition) is 2. The van der Waals surface area contributed by atoms with Gasteiger partial charge in [-0.1, -0.05) is 0 Å². The Labute approximate surface area is 144 Å². The SMILES string of the molecule is CNC(=O)C1(Nc2ccnn2C)CCN(C(=O)c2ccsc2)CC1. The van der Waals surface area contributed by atoms with Crippen LogP contribution in [0.15, 0.2) is 29.1 Å². The van der Waals surface area contributed by atoms with E-state index in [1.165, 1.54) is 11.3 Å². The van der Waals surface area contributed by atoms with Gasteiger partial charge in [-0.2, -0.15) is 16.4 Å². The molecule has 0 spiro atoms. The number of thiophene rings is 1. The quantitative estimate of drug-likeness (QED) is 0.874. The number of carbonyl (C=O) groups excluding carboxylic acids is 2. The zero-order valence-corrected chi connectivity index (χ0v) is 14.6. The van der Waals surface area contributed by atoms with E-state index in [2.05, 4.69) is 15.7 Å². The Bertz CT molecular complexity index is 717. The van der Waals surface area contributed by atoms with Crippen molar-refractivity contribution in [3.05, 3.63) is 34.7 Å². The Morgan fingerprint density at radius 3 is 2.58 bits per heavy atom. The molecule has 1 aliphatic rings. The predicted octanol–water partition coefficient (Wildman–Crippen LogP) is 1.31. The summed E-state index contributed by atoms with van der Waals surface area (Å²) in [5.41, 5.74) is -0.0134. The molecule has 0 radical (unpaired) electrons. The predicted molar refractivity (Wildman–Crippen MR) is 93.1 cm³/mol. The molecule has 24 heavy (non-hydrogen) atoms. The van der Waals surface area contributed by atoms with Crippen LogP contribution in [-0.2, 0) is 11.8 Å². The fourth-order valence-corrected chi connectivity index (χ4v) is 3.68. The maximum atomic E-state index is 12.5. The number of amides is 2. The van der Waals surface area contributed by atoms with Crippen LogP contribution in [-0.4, -0.2) is 52.2 Å². The normalized spacial score (nSPS) is 16.7. The number of likely N-dealkylation sites (tertiary alicyclic amines) is 1. The number of aryl methyl sites for hydroxylation is 1. The lowest BCUT2D eigenvalue weighted by atomic mass is 9.86. The highest BCUT2D eigenvalue weighted by Crippen LogP contribution is 2.28. The van der Waals surface area contributed by atoms with Crippen LogP contribution in [0.25, 0.3) is 0 Å². The minimum atomic E-state index is -0.728. The molecule has 3 heterocycles. The number of nitrogens with zero attached hydrogens (tertiary/aromatic N) is 3. The van der Waals surface area contributed by atoms with Gasteiger partial charge in [0.2, 0.25) is 5.91 Å². The Balaban J connectivity index is 1.75. The van der Waals surface area contributed by atoms with E-state index in [0.717, 1.165) is 5.82 Å². The van der Waals surface area contributed by atoms with E-state index in [1.54, 1.807) is 17.9 Å². The lowest BCUT2D eigenvalue weighted by Gasteiger charge is -2.41. The van der Waals surface area contributed by atoms with Gasteiger partial charge in [0.1, 0.15) is 11.4 Å². The second kappa shape index (κ2) is 6.64. The summed E-state index contributed by atoms with van der Waals surface area (Å²) in [7, 11) is 3.47. The summed E-state index contributed by atoms with van der Waals surface area (Å²) in [5, 5.41) is 14.0. The first kappa shape index (κ1) is 16.5. The van der Waals surface area contributed by atoms with E-state index >= 15 is 0 Å². The van der Waals surface area contributed by atoms with E-state index in [-0.39, 0.29) is 11.8 Å². The molecule has 0 aromatic carbocycles. The van der Waals surface area contributed by atoms with Crippen molar-refractivity contribution in [1.29, 1.82) is 0 Å². The summed E-state index contributed by atoms with van der Waals surface area (Å²) in [6.07, 6.45) is 2.79. The fourth-order valence-electron chi connectivity index (χ4n) is 3.05. The van der Waals surface area contributed by atoms with Crippen molar-refractivity contribution in [1.82, 2.24) is 20.0 Å². The van der Waals surface area contributed by atoms with E-state index in [1.807, 2.05) is 34.8 Å². The number of rotatable bonds is 4. The monoisotopic (exact) mass is 347 g/mol. The first-order valence-corrected chi connectivity index (χ1v) is 8.80. The molecule has 0 saturated carbocycles. The number of nitrogens with one attached hydrogen (secondary N) is 2. The van der Waals surface area contributed by atoms with Crippen molar-refractivity contribution in [3.63, 3.8) is 0 Å². The van der Waals surface area contributed by atoms with Crippen molar-refractivity contribution < 1.29 is 9.59 Å². The average Bonchev–Trinajstić information content (AvgIpc) is 3.26. The maximum absolute atomic E-state index is 12.5. The van der Waals surface area contributed by atoms with Gasteiger partial charge in [0.25, 0.3) is 5.91 Å². The molecule has 3 rings (SSSR count). The molecule has 2 aromatic heterocycles. The first-order chi connectivity index (χ1) is 11.6. The van der Waals surface area contributed by atoms with Crippen LogP contribution in [0, 0.1) is 0 Å². The van der Waals surface area contributed by atoms with Crippen molar-refractivity contribution in [2.75, 3.05) is 25.5 Å². The van der Waals surface area contributed by atoms with Crippen LogP contribution in [0.3, 0.4) is 0 Å². The Hall–Kier alpha value is -2.35. The molecule has 128 valence electrons. The number of likely N-dealkylation sites (N-methyl/N-ethyl adjacent to an activating group) is 1. The highest BCUT2D eigenvalue weighted by Gasteiger charge is 2.42. The zero-order valence-electron chi connectivity index (χ0n) is 13.8. The van der Waals surface area contributed by atoms with Crippen LogP contribution in [0.5, 0.6) is 0 Å². The molecule has 1 saturated heterocycles. The van der Waals surface area contributed by atoms with Gasteiger partial charge in [-0.3, -0.25) is 14.3 Å². The minimum Gasteiger partial charge on any atom is -0.357 e. The second-order valence-electron chi connectivity index (χ2n) is 5.93. The lowest BCUT2D eigenvalue weighted by Crippen LogP contribution is -2.58. The summed E-state index contributed by atoms with van der Waals surface area (Å²) >= 11 is 1.51. The zero-order chi connectivity index (χ0) is 17.2. The van der Waals surface area contributed by atoms with Gasteiger partial charge in [0.05, 0.1) is 11.8 Å². The topological polar surface area (TPSA) is 79.3 Å². The van der Waals surface area contributed by atoms with Crippen molar-refractivity contribution in [2.45, 2.75) is 18.4 Å². The van der Waals surface area contributed by atoms with Crippen LogP contribution >= 0.6 is 11.3 Å². The van der Waals surface area contributed by atoms with Crippen molar-refractivity contribution >= 4 is 29.0 Å².